The second kappa shape index (κ2) is 6.41. The molecule has 0 aliphatic carbocycles. The quantitative estimate of drug-likeness (QED) is 0.548. The van der Waals surface area contributed by atoms with Crippen molar-refractivity contribution in [1.82, 2.24) is 0 Å². The molecule has 12 heavy (non-hydrogen) atoms. The van der Waals surface area contributed by atoms with E-state index in [9.17, 15) is 0 Å². The number of hydrogen-bond donors (Lipinski definition) is 0. The van der Waals surface area contributed by atoms with Gasteiger partial charge in [0.1, 0.15) is 0 Å². The van der Waals surface area contributed by atoms with Gasteiger partial charge in [-0.3, -0.25) is 0 Å². The van der Waals surface area contributed by atoms with E-state index < -0.39 is 0 Å². The Balaban J connectivity index is 0.000000354. The average Bonchev–Trinajstić information content (AvgIpc) is 2.07. The second-order valence-electron chi connectivity index (χ2n) is 2.47. The van der Waals surface area contributed by atoms with Crippen molar-refractivity contribution in [3.8, 4) is 0 Å². The maximum absolute atomic E-state index is 3.69. The summed E-state index contributed by atoms with van der Waals surface area (Å²) in [5.41, 5.74) is 2.50. The Hall–Kier alpha value is -1.30. The number of allylic oxidation sites excluding steroid dienone is 1. The molecular weight excluding hydrogens is 144 g/mol. The normalized spacial score (nSPS) is 7.83. The van der Waals surface area contributed by atoms with E-state index >= 15 is 0 Å². The van der Waals surface area contributed by atoms with E-state index in [1.54, 1.807) is 6.08 Å². The van der Waals surface area contributed by atoms with E-state index in [0.29, 0.717) is 0 Å². The van der Waals surface area contributed by atoms with Gasteiger partial charge >= 0.3 is 0 Å². The fourth-order valence-corrected chi connectivity index (χ4v) is 0.816. The summed E-state index contributed by atoms with van der Waals surface area (Å²) < 4.78 is 0. The third-order valence-electron chi connectivity index (χ3n) is 1.41. The van der Waals surface area contributed by atoms with Crippen LogP contribution in [0.25, 0.3) is 6.08 Å². The van der Waals surface area contributed by atoms with Crippen LogP contribution in [-0.4, -0.2) is 0 Å². The Labute approximate surface area is 75.2 Å². The van der Waals surface area contributed by atoms with Gasteiger partial charge in [0.15, 0.2) is 0 Å². The van der Waals surface area contributed by atoms with E-state index in [1.165, 1.54) is 11.1 Å². The van der Waals surface area contributed by atoms with Crippen molar-refractivity contribution in [2.24, 2.45) is 0 Å². The molecule has 0 saturated carbocycles. The maximum Gasteiger partial charge on any atom is -0.0233 e. The Bertz CT molecular complexity index is 246. The van der Waals surface area contributed by atoms with E-state index in [0.717, 1.165) is 0 Å². The van der Waals surface area contributed by atoms with Crippen LogP contribution in [0.1, 0.15) is 18.1 Å². The SMILES string of the molecule is C=CC.C=Cc1ccccc1C. The molecule has 0 aliphatic heterocycles. The predicted molar refractivity (Wildman–Crippen MR) is 57.1 cm³/mol. The number of benzene rings is 1. The van der Waals surface area contributed by atoms with E-state index in [1.807, 2.05) is 25.1 Å². The van der Waals surface area contributed by atoms with Crippen molar-refractivity contribution in [2.45, 2.75) is 13.8 Å². The largest absolute Gasteiger partial charge is 0.103 e. The number of rotatable bonds is 1. The fraction of sp³-hybridized carbons (Fsp3) is 0.167. The average molecular weight is 160 g/mol. The lowest BCUT2D eigenvalue weighted by Crippen LogP contribution is -1.75. The first-order valence-corrected chi connectivity index (χ1v) is 4.01. The van der Waals surface area contributed by atoms with Gasteiger partial charge in [-0.15, -0.1) is 6.58 Å². The summed E-state index contributed by atoms with van der Waals surface area (Å²) in [4.78, 5) is 0. The molecule has 0 unspecified atom stereocenters. The highest BCUT2D eigenvalue weighted by atomic mass is 13.9. The smallest absolute Gasteiger partial charge is 0.0233 e. The third kappa shape index (κ3) is 3.77. The molecule has 0 bridgehead atoms. The van der Waals surface area contributed by atoms with Crippen molar-refractivity contribution >= 4 is 6.08 Å². The van der Waals surface area contributed by atoms with Crippen LogP contribution in [0.2, 0.25) is 0 Å². The number of hydrogen-bond acceptors (Lipinski definition) is 0. The molecule has 0 aromatic heterocycles. The second-order valence-corrected chi connectivity index (χ2v) is 2.47. The predicted octanol–water partition coefficient (Wildman–Crippen LogP) is 3.83. The Morgan fingerprint density at radius 3 is 2.00 bits per heavy atom. The van der Waals surface area contributed by atoms with Gasteiger partial charge in [-0.25, -0.2) is 0 Å². The molecule has 64 valence electrons. The molecule has 0 nitrogen and oxygen atoms in total. The molecule has 0 heterocycles. The highest BCUT2D eigenvalue weighted by molar-refractivity contribution is 5.50. The summed E-state index contributed by atoms with van der Waals surface area (Å²) >= 11 is 0. The molecule has 1 rings (SSSR count). The molecule has 0 atom stereocenters. The van der Waals surface area contributed by atoms with E-state index in [-0.39, 0.29) is 0 Å². The van der Waals surface area contributed by atoms with Crippen LogP contribution < -0.4 is 0 Å². The summed E-state index contributed by atoms with van der Waals surface area (Å²) in [6.07, 6.45) is 3.62. The molecule has 1 aromatic rings. The van der Waals surface area contributed by atoms with Crippen molar-refractivity contribution in [1.29, 1.82) is 0 Å². The summed E-state index contributed by atoms with van der Waals surface area (Å²) in [7, 11) is 0. The van der Waals surface area contributed by atoms with Gasteiger partial charge in [-0.2, -0.15) is 0 Å². The summed E-state index contributed by atoms with van der Waals surface area (Å²) in [5.74, 6) is 0. The minimum atomic E-state index is 1.22. The first kappa shape index (κ1) is 10.7. The van der Waals surface area contributed by atoms with Gasteiger partial charge in [-0.05, 0) is 25.0 Å². The van der Waals surface area contributed by atoms with E-state index in [4.69, 9.17) is 0 Å². The van der Waals surface area contributed by atoms with Crippen molar-refractivity contribution < 1.29 is 0 Å². The molecule has 0 N–H and O–H groups in total. The zero-order valence-corrected chi connectivity index (χ0v) is 7.88. The number of aryl methyl sites for hydroxylation is 1. The van der Waals surface area contributed by atoms with Gasteiger partial charge in [0, 0.05) is 0 Å². The minimum Gasteiger partial charge on any atom is -0.103 e. The molecule has 0 saturated heterocycles. The summed E-state index contributed by atoms with van der Waals surface area (Å²) in [6.45, 7) is 11.0. The lowest BCUT2D eigenvalue weighted by Gasteiger charge is -1.95. The van der Waals surface area contributed by atoms with Gasteiger partial charge in [0.25, 0.3) is 0 Å². The summed E-state index contributed by atoms with van der Waals surface area (Å²) in [6, 6.07) is 8.19. The lowest BCUT2D eigenvalue weighted by molar-refractivity contribution is 1.45. The molecular formula is C12H16. The monoisotopic (exact) mass is 160 g/mol. The first-order chi connectivity index (χ1) is 5.76. The van der Waals surface area contributed by atoms with Crippen LogP contribution in [0, 0.1) is 6.92 Å². The van der Waals surface area contributed by atoms with Crippen molar-refractivity contribution in [3.63, 3.8) is 0 Å². The van der Waals surface area contributed by atoms with Crippen molar-refractivity contribution in [3.05, 3.63) is 54.6 Å². The van der Waals surface area contributed by atoms with Gasteiger partial charge in [0.05, 0.1) is 0 Å². The van der Waals surface area contributed by atoms with Gasteiger partial charge in [0.2, 0.25) is 0 Å². The minimum absolute atomic E-state index is 1.22. The summed E-state index contributed by atoms with van der Waals surface area (Å²) in [5, 5.41) is 0. The van der Waals surface area contributed by atoms with E-state index in [2.05, 4.69) is 32.2 Å². The van der Waals surface area contributed by atoms with Crippen LogP contribution in [0.4, 0.5) is 0 Å². The van der Waals surface area contributed by atoms with Crippen LogP contribution in [0.3, 0.4) is 0 Å². The zero-order valence-electron chi connectivity index (χ0n) is 7.88. The molecule has 0 fully saturated rings. The molecule has 0 radical (unpaired) electrons. The van der Waals surface area contributed by atoms with Crippen LogP contribution in [0.5, 0.6) is 0 Å². The van der Waals surface area contributed by atoms with Gasteiger partial charge in [-0.1, -0.05) is 43.0 Å². The maximum atomic E-state index is 3.69. The van der Waals surface area contributed by atoms with Crippen molar-refractivity contribution in [2.75, 3.05) is 0 Å². The molecule has 0 heteroatoms. The molecule has 0 amide bonds. The van der Waals surface area contributed by atoms with Gasteiger partial charge < -0.3 is 0 Å². The van der Waals surface area contributed by atoms with Crippen LogP contribution >= 0.6 is 0 Å². The van der Waals surface area contributed by atoms with Crippen LogP contribution in [-0.2, 0) is 0 Å². The Kier molecular flexibility index (Phi) is 5.72. The molecule has 1 aromatic carbocycles. The topological polar surface area (TPSA) is 0 Å². The first-order valence-electron chi connectivity index (χ1n) is 4.01. The molecule has 0 aliphatic rings. The lowest BCUT2D eigenvalue weighted by atomic mass is 10.1. The Morgan fingerprint density at radius 1 is 1.17 bits per heavy atom. The Morgan fingerprint density at radius 2 is 1.67 bits per heavy atom. The standard InChI is InChI=1S/C9H10.C3H6/c1-3-9-7-5-4-6-8(9)2;1-3-2/h3-7H,1H2,2H3;3H,1H2,2H3. The third-order valence-corrected chi connectivity index (χ3v) is 1.41. The zero-order chi connectivity index (χ0) is 9.40. The molecule has 0 spiro atoms. The van der Waals surface area contributed by atoms with Crippen LogP contribution in [0.15, 0.2) is 43.5 Å². The fourth-order valence-electron chi connectivity index (χ4n) is 0.816. The highest BCUT2D eigenvalue weighted by Crippen LogP contribution is 2.06. The highest BCUT2D eigenvalue weighted by Gasteiger charge is 1.86.